The van der Waals surface area contributed by atoms with Crippen molar-refractivity contribution in [1.82, 2.24) is 4.57 Å². The van der Waals surface area contributed by atoms with Gasteiger partial charge in [-0.15, -0.1) is 11.8 Å². The van der Waals surface area contributed by atoms with Crippen LogP contribution in [0.3, 0.4) is 0 Å². The molecule has 8 heteroatoms. The molecule has 0 saturated carbocycles. The minimum atomic E-state index is -1.05. The fourth-order valence-electron chi connectivity index (χ4n) is 1.63. The Morgan fingerprint density at radius 2 is 2.00 bits per heavy atom. The van der Waals surface area contributed by atoms with E-state index < -0.39 is 23.5 Å². The molecule has 0 saturated heterocycles. The number of fused-ring (bicyclic) bond motifs is 1. The summed E-state index contributed by atoms with van der Waals surface area (Å²) in [5, 5.41) is 9.42. The zero-order valence-electron chi connectivity index (χ0n) is 11.3. The molecule has 20 heavy (non-hydrogen) atoms. The zero-order chi connectivity index (χ0) is 14.6. The first kappa shape index (κ1) is 18.9. The summed E-state index contributed by atoms with van der Waals surface area (Å²) < 4.78 is 5.69. The molecule has 0 spiro atoms. The Balaban J connectivity index is 0.00000115. The number of thioether (sulfide) groups is 1. The van der Waals surface area contributed by atoms with E-state index in [1.807, 2.05) is 13.8 Å². The van der Waals surface area contributed by atoms with Crippen LogP contribution in [-0.2, 0) is 30.6 Å². The number of carboxylic acid groups (broad SMARTS) is 1. The maximum absolute atomic E-state index is 11.7. The zero-order valence-corrected chi connectivity index (χ0v) is 15.0. The van der Waals surface area contributed by atoms with Crippen LogP contribution in [0.25, 0.3) is 0 Å². The van der Waals surface area contributed by atoms with Crippen molar-refractivity contribution in [2.45, 2.75) is 24.9 Å². The quantitative estimate of drug-likeness (QED) is 0.660. The van der Waals surface area contributed by atoms with Crippen molar-refractivity contribution in [3.05, 3.63) is 28.0 Å². The van der Waals surface area contributed by atoms with Crippen LogP contribution in [0, 0.1) is 0 Å². The second-order valence-corrected chi connectivity index (χ2v) is 4.49. The van der Waals surface area contributed by atoms with Crippen molar-refractivity contribution in [3.8, 4) is 0 Å². The van der Waals surface area contributed by atoms with Gasteiger partial charge in [-0.25, -0.2) is 9.59 Å². The van der Waals surface area contributed by atoms with E-state index in [9.17, 15) is 14.4 Å². The molecule has 1 unspecified atom stereocenters. The largest absolute Gasteiger partial charge is 0.480 e. The number of methoxy groups -OCH3 is 1. The number of hydrogen-bond acceptors (Lipinski definition) is 5. The average molecular weight is 469 g/mol. The third-order valence-corrected chi connectivity index (χ3v) is 3.53. The summed E-state index contributed by atoms with van der Waals surface area (Å²) >= 11 is 1.23. The molecule has 1 aromatic heterocycles. The number of carbonyl (C=O) groups is 2. The van der Waals surface area contributed by atoms with E-state index >= 15 is 0 Å². The van der Waals surface area contributed by atoms with Crippen molar-refractivity contribution in [2.24, 2.45) is 0 Å². The molecule has 110 valence electrons. The Hall–Kier alpha value is -1.07. The van der Waals surface area contributed by atoms with Crippen LogP contribution in [0.5, 0.6) is 0 Å². The summed E-state index contributed by atoms with van der Waals surface area (Å²) in [6.07, 6.45) is 0. The molecule has 1 N–H and O–H groups in total. The van der Waals surface area contributed by atoms with Gasteiger partial charge in [0.05, 0.1) is 17.7 Å². The number of carboxylic acids is 1. The van der Waals surface area contributed by atoms with Crippen LogP contribution in [-0.4, -0.2) is 34.5 Å². The second-order valence-electron chi connectivity index (χ2n) is 3.45. The van der Waals surface area contributed by atoms with Gasteiger partial charge in [0, 0.05) is 32.9 Å². The van der Waals surface area contributed by atoms with Crippen LogP contribution in [0.1, 0.15) is 30.2 Å². The summed E-state index contributed by atoms with van der Waals surface area (Å²) in [5.41, 5.74) is -0.359. The van der Waals surface area contributed by atoms with Crippen LogP contribution in [0.15, 0.2) is 22.0 Å². The van der Waals surface area contributed by atoms with Gasteiger partial charge in [0.25, 0.3) is 5.56 Å². The molecular formula is C12H15NO5SW. The second kappa shape index (κ2) is 8.27. The van der Waals surface area contributed by atoms with E-state index in [2.05, 4.69) is 4.74 Å². The summed E-state index contributed by atoms with van der Waals surface area (Å²) in [6, 6.07) is 1.70. The normalized spacial score (nSPS) is 15.2. The molecule has 2 rings (SSSR count). The molecule has 0 amide bonds. The fourth-order valence-corrected chi connectivity index (χ4v) is 2.82. The molecule has 0 radical (unpaired) electrons. The van der Waals surface area contributed by atoms with Crippen LogP contribution >= 0.6 is 11.8 Å². The molecule has 6 nitrogen and oxygen atoms in total. The number of aliphatic carboxylic acids is 1. The van der Waals surface area contributed by atoms with Gasteiger partial charge in [0.15, 0.2) is 0 Å². The van der Waals surface area contributed by atoms with Gasteiger partial charge >= 0.3 is 11.9 Å². The number of pyridine rings is 1. The number of carbonyl (C=O) groups excluding carboxylic acids is 1. The molecule has 1 aliphatic rings. The van der Waals surface area contributed by atoms with Gasteiger partial charge in [-0.05, 0) is 6.07 Å². The van der Waals surface area contributed by atoms with E-state index in [0.29, 0.717) is 5.03 Å². The maximum atomic E-state index is 11.7. The minimum absolute atomic E-state index is 0. The number of nitrogens with zero attached hydrogens (tertiary/aromatic N) is 1. The smallest absolute Gasteiger partial charge is 0.338 e. The molecule has 0 aromatic carbocycles. The number of esters is 1. The Labute approximate surface area is 134 Å². The SMILES string of the molecule is CC.COC(=O)c1cc2n(c(=O)c1)C(C(=O)O)CS2.[W]. The molecule has 1 aliphatic heterocycles. The van der Waals surface area contributed by atoms with Crippen LogP contribution in [0.4, 0.5) is 0 Å². The third kappa shape index (κ3) is 3.73. The average Bonchev–Trinajstić information content (AvgIpc) is 2.84. The van der Waals surface area contributed by atoms with E-state index in [1.165, 1.54) is 29.5 Å². The Bertz CT molecular complexity index is 557. The predicted molar refractivity (Wildman–Crippen MR) is 70.8 cm³/mol. The van der Waals surface area contributed by atoms with Crippen molar-refractivity contribution in [3.63, 3.8) is 0 Å². The van der Waals surface area contributed by atoms with Crippen LogP contribution < -0.4 is 5.56 Å². The van der Waals surface area contributed by atoms with E-state index in [0.717, 1.165) is 6.07 Å². The Morgan fingerprint density at radius 3 is 2.50 bits per heavy atom. The van der Waals surface area contributed by atoms with E-state index in [-0.39, 0.29) is 32.4 Å². The Morgan fingerprint density at radius 1 is 1.40 bits per heavy atom. The first-order valence-corrected chi connectivity index (χ1v) is 6.73. The third-order valence-electron chi connectivity index (χ3n) is 2.44. The molecule has 0 bridgehead atoms. The first-order chi connectivity index (χ1) is 9.04. The van der Waals surface area contributed by atoms with Gasteiger partial charge in [-0.2, -0.15) is 0 Å². The number of ether oxygens (including phenoxy) is 1. The first-order valence-electron chi connectivity index (χ1n) is 5.75. The minimum Gasteiger partial charge on any atom is -0.480 e. The number of aromatic nitrogens is 1. The van der Waals surface area contributed by atoms with Gasteiger partial charge in [0.1, 0.15) is 6.04 Å². The maximum Gasteiger partial charge on any atom is 0.338 e. The van der Waals surface area contributed by atoms with Crippen LogP contribution in [0.2, 0.25) is 0 Å². The van der Waals surface area contributed by atoms with Gasteiger partial charge in [-0.1, -0.05) is 13.8 Å². The Kier molecular flexibility index (Phi) is 7.82. The predicted octanol–water partition coefficient (Wildman–Crippen LogP) is 1.39. The van der Waals surface area contributed by atoms with Gasteiger partial charge in [-0.3, -0.25) is 9.36 Å². The van der Waals surface area contributed by atoms with Crippen molar-refractivity contribution in [2.75, 3.05) is 12.9 Å². The topological polar surface area (TPSA) is 85.6 Å². The summed E-state index contributed by atoms with van der Waals surface area (Å²) in [6.45, 7) is 4.00. The van der Waals surface area contributed by atoms with Gasteiger partial charge < -0.3 is 9.84 Å². The standard InChI is InChI=1S/C10H9NO5S.C2H6.W/c1-16-10(15)5-2-7(12)11-6(9(13)14)4-17-8(11)3-5;1-2;/h2-3,6H,4H2,1H3,(H,13,14);1-2H3;. The van der Waals surface area contributed by atoms with E-state index in [4.69, 9.17) is 5.11 Å². The molecule has 0 fully saturated rings. The molecular weight excluding hydrogens is 454 g/mol. The molecule has 1 aromatic rings. The number of rotatable bonds is 2. The van der Waals surface area contributed by atoms with Crippen molar-refractivity contribution >= 4 is 23.7 Å². The summed E-state index contributed by atoms with van der Waals surface area (Å²) in [4.78, 5) is 34.0. The number of hydrogen-bond donors (Lipinski definition) is 1. The van der Waals surface area contributed by atoms with Crippen molar-refractivity contribution in [1.29, 1.82) is 0 Å². The van der Waals surface area contributed by atoms with E-state index in [1.54, 1.807) is 0 Å². The molecule has 0 aliphatic carbocycles. The molecule has 1 atom stereocenters. The van der Waals surface area contributed by atoms with Gasteiger partial charge in [0.2, 0.25) is 0 Å². The monoisotopic (exact) mass is 469 g/mol. The molecule has 2 heterocycles. The van der Waals surface area contributed by atoms with Crippen molar-refractivity contribution < 1.29 is 40.5 Å². The summed E-state index contributed by atoms with van der Waals surface area (Å²) in [7, 11) is 1.22. The summed E-state index contributed by atoms with van der Waals surface area (Å²) in [5.74, 6) is -1.37. The fraction of sp³-hybridized carbons (Fsp3) is 0.417.